The fourth-order valence-corrected chi connectivity index (χ4v) is 3.37. The highest BCUT2D eigenvalue weighted by Gasteiger charge is 2.20. The number of nitrogens with two attached hydrogens (primary N) is 1. The molecule has 0 aliphatic heterocycles. The van der Waals surface area contributed by atoms with Crippen LogP contribution in [0.4, 0.5) is 0 Å². The Morgan fingerprint density at radius 2 is 1.79 bits per heavy atom. The van der Waals surface area contributed by atoms with Gasteiger partial charge in [-0.1, -0.05) is 0 Å². The summed E-state index contributed by atoms with van der Waals surface area (Å²) in [6, 6.07) is 3.24. The predicted molar refractivity (Wildman–Crippen MR) is 59.8 cm³/mol. The molecule has 7 heteroatoms. The molecule has 0 unspecified atom stereocenters. The van der Waals surface area contributed by atoms with E-state index in [1.807, 2.05) is 0 Å². The molecule has 0 bridgehead atoms. The second-order valence-electron chi connectivity index (χ2n) is 2.44. The minimum Gasteiger partial charge on any atom is -0.494 e. The lowest BCUT2D eigenvalue weighted by molar-refractivity contribution is 0.399. The Balaban J connectivity index is 3.63. The maximum absolute atomic E-state index is 11.2. The lowest BCUT2D eigenvalue weighted by atomic mass is 10.3. The summed E-state index contributed by atoms with van der Waals surface area (Å²) in [5.74, 6) is 0.196. The van der Waals surface area contributed by atoms with Crippen molar-refractivity contribution in [2.75, 3.05) is 7.11 Å². The summed E-state index contributed by atoms with van der Waals surface area (Å²) in [7, 11) is -2.42. The molecule has 0 aromatic heterocycles. The van der Waals surface area contributed by atoms with Gasteiger partial charge in [-0.05, 0) is 44.0 Å². The van der Waals surface area contributed by atoms with Gasteiger partial charge in [0.15, 0.2) is 5.75 Å². The number of halogens is 2. The van der Waals surface area contributed by atoms with Crippen LogP contribution < -0.4 is 9.88 Å². The van der Waals surface area contributed by atoms with Gasteiger partial charge in [0.05, 0.1) is 11.6 Å². The van der Waals surface area contributed by atoms with Crippen molar-refractivity contribution in [3.63, 3.8) is 0 Å². The third-order valence-electron chi connectivity index (χ3n) is 1.50. The molecule has 0 heterocycles. The molecule has 1 aromatic rings. The summed E-state index contributed by atoms with van der Waals surface area (Å²) in [6.07, 6.45) is 0. The summed E-state index contributed by atoms with van der Waals surface area (Å²) in [5.41, 5.74) is 0. The zero-order chi connectivity index (χ0) is 10.9. The van der Waals surface area contributed by atoms with Crippen LogP contribution in [0.1, 0.15) is 0 Å². The van der Waals surface area contributed by atoms with E-state index >= 15 is 0 Å². The van der Waals surface area contributed by atoms with E-state index in [9.17, 15) is 8.42 Å². The van der Waals surface area contributed by atoms with E-state index in [0.29, 0.717) is 8.95 Å². The number of ether oxygens (including phenoxy) is 1. The molecule has 1 rings (SSSR count). The normalized spacial score (nSPS) is 11.4. The Hall–Kier alpha value is -0.110. The maximum Gasteiger partial charge on any atom is 0.242 e. The van der Waals surface area contributed by atoms with Gasteiger partial charge in [-0.3, -0.25) is 0 Å². The molecule has 0 atom stereocenters. The van der Waals surface area contributed by atoms with E-state index in [1.54, 1.807) is 12.1 Å². The molecular weight excluding hydrogens is 338 g/mol. The lowest BCUT2D eigenvalue weighted by Gasteiger charge is -2.09. The van der Waals surface area contributed by atoms with Gasteiger partial charge >= 0.3 is 0 Å². The van der Waals surface area contributed by atoms with Crippen LogP contribution in [0.25, 0.3) is 0 Å². The first kappa shape index (κ1) is 12.0. The molecule has 14 heavy (non-hydrogen) atoms. The van der Waals surface area contributed by atoms with Gasteiger partial charge in [-0.2, -0.15) is 0 Å². The van der Waals surface area contributed by atoms with Crippen LogP contribution in [-0.4, -0.2) is 15.5 Å². The number of benzene rings is 1. The van der Waals surface area contributed by atoms with Crippen LogP contribution in [0.5, 0.6) is 5.75 Å². The molecule has 0 spiro atoms. The number of hydrogen-bond acceptors (Lipinski definition) is 3. The number of hydrogen-bond donors (Lipinski definition) is 1. The van der Waals surface area contributed by atoms with Gasteiger partial charge < -0.3 is 4.74 Å². The van der Waals surface area contributed by atoms with Gasteiger partial charge in [0.2, 0.25) is 10.0 Å². The summed E-state index contributed by atoms with van der Waals surface area (Å²) in [4.78, 5) is -0.0608. The molecule has 0 radical (unpaired) electrons. The maximum atomic E-state index is 11.2. The summed E-state index contributed by atoms with van der Waals surface area (Å²) in [5, 5.41) is 5.04. The van der Waals surface area contributed by atoms with Gasteiger partial charge in [-0.25, -0.2) is 13.6 Å². The first-order valence-electron chi connectivity index (χ1n) is 3.42. The number of rotatable bonds is 2. The predicted octanol–water partition coefficient (Wildman–Crippen LogP) is 1.87. The van der Waals surface area contributed by atoms with E-state index in [1.165, 1.54) is 7.11 Å². The van der Waals surface area contributed by atoms with E-state index < -0.39 is 10.0 Å². The monoisotopic (exact) mass is 343 g/mol. The molecule has 0 saturated carbocycles. The Bertz CT molecular complexity index is 458. The van der Waals surface area contributed by atoms with Crippen LogP contribution in [0.3, 0.4) is 0 Å². The van der Waals surface area contributed by atoms with Crippen LogP contribution in [0, 0.1) is 0 Å². The summed E-state index contributed by atoms with van der Waals surface area (Å²) < 4.78 is 28.3. The number of sulfonamides is 1. The van der Waals surface area contributed by atoms with E-state index in [4.69, 9.17) is 9.88 Å². The highest BCUT2D eigenvalue weighted by Crippen LogP contribution is 2.36. The van der Waals surface area contributed by atoms with Crippen molar-refractivity contribution in [1.82, 2.24) is 0 Å². The molecule has 0 aliphatic carbocycles. The van der Waals surface area contributed by atoms with Crippen molar-refractivity contribution >= 4 is 41.9 Å². The average molecular weight is 345 g/mol. The molecule has 0 amide bonds. The Morgan fingerprint density at radius 3 is 2.14 bits per heavy atom. The van der Waals surface area contributed by atoms with Crippen molar-refractivity contribution in [2.24, 2.45) is 5.14 Å². The first-order chi connectivity index (χ1) is 6.38. The van der Waals surface area contributed by atoms with Gasteiger partial charge in [0.25, 0.3) is 0 Å². The molecule has 0 fully saturated rings. The Kier molecular flexibility index (Phi) is 3.57. The van der Waals surface area contributed by atoms with Gasteiger partial charge in [0.1, 0.15) is 4.90 Å². The van der Waals surface area contributed by atoms with E-state index in [0.717, 1.165) is 0 Å². The van der Waals surface area contributed by atoms with Gasteiger partial charge in [0, 0.05) is 4.47 Å². The third-order valence-corrected chi connectivity index (χ3v) is 4.03. The van der Waals surface area contributed by atoms with Crippen LogP contribution in [0.15, 0.2) is 26.0 Å². The van der Waals surface area contributed by atoms with Crippen LogP contribution in [0.2, 0.25) is 0 Å². The second-order valence-corrected chi connectivity index (χ2v) is 5.64. The van der Waals surface area contributed by atoms with Crippen molar-refractivity contribution < 1.29 is 13.2 Å². The first-order valence-corrected chi connectivity index (χ1v) is 6.56. The fraction of sp³-hybridized carbons (Fsp3) is 0.143. The SMILES string of the molecule is COc1c(Br)ccc(Br)c1S(N)(=O)=O. The molecule has 2 N–H and O–H groups in total. The molecule has 4 nitrogen and oxygen atoms in total. The Morgan fingerprint density at radius 1 is 1.29 bits per heavy atom. The topological polar surface area (TPSA) is 69.4 Å². The highest BCUT2D eigenvalue weighted by atomic mass is 79.9. The lowest BCUT2D eigenvalue weighted by Crippen LogP contribution is -2.14. The minimum absolute atomic E-state index is 0.0608. The third kappa shape index (κ3) is 2.28. The van der Waals surface area contributed by atoms with Crippen molar-refractivity contribution in [3.8, 4) is 5.75 Å². The van der Waals surface area contributed by atoms with Crippen molar-refractivity contribution in [2.45, 2.75) is 4.90 Å². The quantitative estimate of drug-likeness (QED) is 0.890. The zero-order valence-electron chi connectivity index (χ0n) is 7.12. The standard InChI is InChI=1S/C7H7Br2NO3S/c1-13-6-4(8)2-3-5(9)7(6)14(10,11)12/h2-3H,1H3,(H2,10,11,12). The van der Waals surface area contributed by atoms with Crippen molar-refractivity contribution in [1.29, 1.82) is 0 Å². The zero-order valence-corrected chi connectivity index (χ0v) is 11.1. The average Bonchev–Trinajstić information content (AvgIpc) is 2.06. The van der Waals surface area contributed by atoms with Crippen LogP contribution in [-0.2, 0) is 10.0 Å². The summed E-state index contributed by atoms with van der Waals surface area (Å²) >= 11 is 6.27. The highest BCUT2D eigenvalue weighted by molar-refractivity contribution is 9.11. The van der Waals surface area contributed by atoms with Crippen LogP contribution >= 0.6 is 31.9 Å². The fourth-order valence-electron chi connectivity index (χ4n) is 0.970. The molecule has 0 aliphatic rings. The molecular formula is C7H7Br2NO3S. The summed E-state index contributed by atoms with van der Waals surface area (Å²) in [6.45, 7) is 0. The molecule has 0 saturated heterocycles. The van der Waals surface area contributed by atoms with Gasteiger partial charge in [-0.15, -0.1) is 0 Å². The van der Waals surface area contributed by atoms with E-state index in [2.05, 4.69) is 31.9 Å². The smallest absolute Gasteiger partial charge is 0.242 e. The number of primary sulfonamides is 1. The molecule has 1 aromatic carbocycles. The minimum atomic E-state index is -3.80. The van der Waals surface area contributed by atoms with Crippen molar-refractivity contribution in [3.05, 3.63) is 21.1 Å². The Labute approximate surface area is 98.7 Å². The second kappa shape index (κ2) is 4.18. The largest absolute Gasteiger partial charge is 0.494 e. The molecule has 78 valence electrons. The number of methoxy groups -OCH3 is 1. The van der Waals surface area contributed by atoms with E-state index in [-0.39, 0.29) is 10.6 Å².